The van der Waals surface area contributed by atoms with E-state index in [9.17, 15) is 24.0 Å². The number of furan rings is 1. The number of hydrogen-bond acceptors (Lipinski definition) is 6. The first-order valence-electron chi connectivity index (χ1n) is 6.43. The summed E-state index contributed by atoms with van der Waals surface area (Å²) in [5, 5.41) is 42.6. The molecule has 0 unspecified atom stereocenters. The van der Waals surface area contributed by atoms with Gasteiger partial charge in [0.2, 0.25) is 5.76 Å². The fraction of sp³-hybridized carbons (Fsp3) is 0. The molecule has 0 saturated carbocycles. The molecule has 11 nitrogen and oxygen atoms in total. The van der Waals surface area contributed by atoms with E-state index in [0.29, 0.717) is 0 Å². The van der Waals surface area contributed by atoms with Crippen molar-refractivity contribution >= 4 is 29.8 Å². The Morgan fingerprint density at radius 3 is 1.23 bits per heavy atom. The van der Waals surface area contributed by atoms with E-state index in [1.807, 2.05) is 0 Å². The van der Waals surface area contributed by atoms with Crippen LogP contribution in [0.1, 0.15) is 52.0 Å². The fourth-order valence-corrected chi connectivity index (χ4v) is 1.64. The lowest BCUT2D eigenvalue weighted by molar-refractivity contribution is 0.0625. The lowest BCUT2D eigenvalue weighted by Gasteiger charge is -2.00. The molecule has 26 heavy (non-hydrogen) atoms. The second-order valence-electron chi connectivity index (χ2n) is 4.49. The van der Waals surface area contributed by atoms with E-state index in [4.69, 9.17) is 25.5 Å². The van der Waals surface area contributed by atoms with Gasteiger partial charge in [0.05, 0.1) is 23.0 Å². The lowest BCUT2D eigenvalue weighted by Crippen LogP contribution is -2.07. The van der Waals surface area contributed by atoms with E-state index in [1.165, 1.54) is 0 Å². The maximum absolute atomic E-state index is 10.6. The van der Waals surface area contributed by atoms with Gasteiger partial charge in [0.1, 0.15) is 5.56 Å². The third-order valence-electron chi connectivity index (χ3n) is 2.76. The van der Waals surface area contributed by atoms with Crippen LogP contribution in [0.15, 0.2) is 34.9 Å². The Hall–Kier alpha value is -4.15. The molecule has 136 valence electrons. The van der Waals surface area contributed by atoms with E-state index in [-0.39, 0.29) is 22.3 Å². The minimum atomic E-state index is -1.38. The fourth-order valence-electron chi connectivity index (χ4n) is 1.64. The summed E-state index contributed by atoms with van der Waals surface area (Å²) in [5.74, 6) is -7.36. The predicted octanol–water partition coefficient (Wildman–Crippen LogP) is 1.46. The molecule has 0 bridgehead atoms. The number of carbonyl (C=O) groups is 5. The highest BCUT2D eigenvalue weighted by Crippen LogP contribution is 2.11. The Morgan fingerprint density at radius 2 is 1.00 bits per heavy atom. The van der Waals surface area contributed by atoms with Gasteiger partial charge in [0.25, 0.3) is 0 Å². The van der Waals surface area contributed by atoms with Gasteiger partial charge in [0.15, 0.2) is 0 Å². The summed E-state index contributed by atoms with van der Waals surface area (Å²) in [6.07, 6.45) is 1.02. The summed E-state index contributed by atoms with van der Waals surface area (Å²) >= 11 is 0. The molecule has 2 aromatic rings. The second kappa shape index (κ2) is 8.10. The molecule has 5 N–H and O–H groups in total. The van der Waals surface area contributed by atoms with Crippen LogP contribution in [0.25, 0.3) is 0 Å². The largest absolute Gasteiger partial charge is 0.478 e. The van der Waals surface area contributed by atoms with Gasteiger partial charge in [-0.1, -0.05) is 0 Å². The highest BCUT2D eigenvalue weighted by atomic mass is 16.4. The summed E-state index contributed by atoms with van der Waals surface area (Å²) in [5.41, 5.74) is -1.44. The molecular weight excluding hydrogens is 356 g/mol. The molecule has 11 heteroatoms. The van der Waals surface area contributed by atoms with Gasteiger partial charge >= 0.3 is 29.8 Å². The van der Waals surface area contributed by atoms with Crippen LogP contribution in [-0.2, 0) is 0 Å². The normalized spacial score (nSPS) is 9.54. The zero-order chi connectivity index (χ0) is 20.0. The number of hydrogen-bond donors (Lipinski definition) is 5. The Balaban J connectivity index is 0.000000273. The number of aromatic carboxylic acids is 5. The van der Waals surface area contributed by atoms with Crippen molar-refractivity contribution in [2.75, 3.05) is 0 Å². The molecular formula is C15H10O11. The van der Waals surface area contributed by atoms with Gasteiger partial charge in [-0.2, -0.15) is 0 Å². The summed E-state index contributed by atoms with van der Waals surface area (Å²) in [7, 11) is 0. The summed E-state index contributed by atoms with van der Waals surface area (Å²) < 4.78 is 4.41. The molecule has 0 aliphatic rings. The van der Waals surface area contributed by atoms with E-state index < -0.39 is 35.6 Å². The van der Waals surface area contributed by atoms with Crippen LogP contribution < -0.4 is 0 Å². The molecule has 1 aromatic heterocycles. The Bertz CT molecular complexity index is 783. The lowest BCUT2D eigenvalue weighted by atomic mass is 10.1. The zero-order valence-electron chi connectivity index (χ0n) is 12.6. The van der Waals surface area contributed by atoms with Crippen molar-refractivity contribution in [3.63, 3.8) is 0 Å². The molecule has 0 amide bonds. The van der Waals surface area contributed by atoms with Gasteiger partial charge in [-0.3, -0.25) is 0 Å². The average molecular weight is 366 g/mol. The first-order valence-corrected chi connectivity index (χ1v) is 6.43. The molecule has 0 saturated heterocycles. The van der Waals surface area contributed by atoms with Crippen LogP contribution in [0.5, 0.6) is 0 Å². The second-order valence-corrected chi connectivity index (χ2v) is 4.49. The minimum absolute atomic E-state index is 0.336. The van der Waals surface area contributed by atoms with Crippen LogP contribution >= 0.6 is 0 Å². The molecule has 0 aliphatic heterocycles. The van der Waals surface area contributed by atoms with Crippen molar-refractivity contribution in [2.24, 2.45) is 0 Å². The quantitative estimate of drug-likeness (QED) is 0.513. The topological polar surface area (TPSA) is 200 Å². The van der Waals surface area contributed by atoms with E-state index in [0.717, 1.165) is 30.5 Å². The Kier molecular flexibility index (Phi) is 6.20. The van der Waals surface area contributed by atoms with E-state index in [2.05, 4.69) is 4.42 Å². The molecule has 0 spiro atoms. The maximum atomic E-state index is 10.6. The monoisotopic (exact) mass is 366 g/mol. The predicted molar refractivity (Wildman–Crippen MR) is 79.9 cm³/mol. The number of carboxylic acid groups (broad SMARTS) is 5. The summed E-state index contributed by atoms with van der Waals surface area (Å²) in [4.78, 5) is 52.2. The minimum Gasteiger partial charge on any atom is -0.478 e. The number of carboxylic acids is 5. The van der Waals surface area contributed by atoms with Gasteiger partial charge in [-0.05, 0) is 24.3 Å². The van der Waals surface area contributed by atoms with Crippen LogP contribution in [0.3, 0.4) is 0 Å². The van der Waals surface area contributed by atoms with Crippen molar-refractivity contribution in [3.8, 4) is 0 Å². The Morgan fingerprint density at radius 1 is 0.615 bits per heavy atom. The van der Waals surface area contributed by atoms with Gasteiger partial charge in [-0.25, -0.2) is 24.0 Å². The third-order valence-corrected chi connectivity index (χ3v) is 2.76. The van der Waals surface area contributed by atoms with Crippen LogP contribution in [0.4, 0.5) is 0 Å². The highest BCUT2D eigenvalue weighted by molar-refractivity contribution is 6.00. The van der Waals surface area contributed by atoms with Crippen molar-refractivity contribution in [1.82, 2.24) is 0 Å². The molecule has 1 aromatic carbocycles. The van der Waals surface area contributed by atoms with Gasteiger partial charge < -0.3 is 29.9 Å². The van der Waals surface area contributed by atoms with Crippen LogP contribution in [-0.4, -0.2) is 55.4 Å². The van der Waals surface area contributed by atoms with Gasteiger partial charge in [0, 0.05) is 0 Å². The summed E-state index contributed by atoms with van der Waals surface area (Å²) in [6, 6.07) is 3.79. The Labute approximate surface area is 143 Å². The van der Waals surface area contributed by atoms with Crippen LogP contribution in [0.2, 0.25) is 0 Å². The van der Waals surface area contributed by atoms with E-state index >= 15 is 0 Å². The van der Waals surface area contributed by atoms with Crippen molar-refractivity contribution < 1.29 is 53.9 Å². The first-order chi connectivity index (χ1) is 12.0. The van der Waals surface area contributed by atoms with Crippen molar-refractivity contribution in [3.05, 3.63) is 58.5 Å². The SMILES string of the molecule is O=C(O)c1cc(C(=O)O)cc(C(=O)O)c1.O=C(O)c1ccoc1C(=O)O. The molecule has 2 rings (SSSR count). The van der Waals surface area contributed by atoms with Crippen LogP contribution in [0, 0.1) is 0 Å². The number of rotatable bonds is 5. The van der Waals surface area contributed by atoms with Gasteiger partial charge in [-0.15, -0.1) is 0 Å². The standard InChI is InChI=1S/C9H6O6.C6H4O5/c10-7(11)4-1-5(8(12)13)3-6(2-4)9(14)15;7-5(8)3-1-2-11-4(3)6(9)10/h1-3H,(H,10,11)(H,12,13)(H,14,15);1-2H,(H,7,8)(H,9,10). The first kappa shape index (κ1) is 19.9. The van der Waals surface area contributed by atoms with Crippen molar-refractivity contribution in [2.45, 2.75) is 0 Å². The molecule has 1 heterocycles. The zero-order valence-corrected chi connectivity index (χ0v) is 12.6. The molecule has 0 aliphatic carbocycles. The third kappa shape index (κ3) is 4.92. The number of benzene rings is 1. The molecule has 0 fully saturated rings. The molecule has 0 radical (unpaired) electrons. The molecule has 0 atom stereocenters. The maximum Gasteiger partial charge on any atom is 0.372 e. The summed E-state index contributed by atoms with van der Waals surface area (Å²) in [6.45, 7) is 0. The average Bonchev–Trinajstić information content (AvgIpc) is 3.05. The highest BCUT2D eigenvalue weighted by Gasteiger charge is 2.18. The van der Waals surface area contributed by atoms with Crippen molar-refractivity contribution in [1.29, 1.82) is 0 Å². The van der Waals surface area contributed by atoms with E-state index in [1.54, 1.807) is 0 Å². The smallest absolute Gasteiger partial charge is 0.372 e.